The summed E-state index contributed by atoms with van der Waals surface area (Å²) in [5, 5.41) is 6.99. The summed E-state index contributed by atoms with van der Waals surface area (Å²) in [7, 11) is 0. The van der Waals surface area contributed by atoms with Gasteiger partial charge in [0.1, 0.15) is 12.1 Å². The molecule has 2 unspecified atom stereocenters. The number of aromatic nitrogens is 2. The molecule has 2 atom stereocenters. The van der Waals surface area contributed by atoms with Crippen molar-refractivity contribution in [1.82, 2.24) is 20.0 Å². The van der Waals surface area contributed by atoms with Crippen LogP contribution in [0.2, 0.25) is 0 Å². The molecule has 1 saturated heterocycles. The molecule has 0 radical (unpaired) electrons. The third-order valence-corrected chi connectivity index (χ3v) is 3.82. The number of rotatable bonds is 4. The first-order valence-corrected chi connectivity index (χ1v) is 7.43. The van der Waals surface area contributed by atoms with E-state index in [0.29, 0.717) is 19.5 Å². The Morgan fingerprint density at radius 1 is 1.29 bits per heavy atom. The Bertz CT molecular complexity index is 504. The van der Waals surface area contributed by atoms with Crippen LogP contribution in [0.5, 0.6) is 0 Å². The maximum atomic E-state index is 12.6. The highest BCUT2D eigenvalue weighted by atomic mass is 16.2. The van der Waals surface area contributed by atoms with E-state index >= 15 is 0 Å². The smallest absolute Gasteiger partial charge is 0.245 e. The van der Waals surface area contributed by atoms with Crippen LogP contribution in [0.15, 0.2) is 18.5 Å². The number of hydrogen-bond acceptors (Lipinski definition) is 3. The van der Waals surface area contributed by atoms with E-state index in [1.54, 1.807) is 15.8 Å². The lowest BCUT2D eigenvalue weighted by atomic mass is 9.83. The van der Waals surface area contributed by atoms with E-state index in [9.17, 15) is 9.59 Å². The van der Waals surface area contributed by atoms with Gasteiger partial charge in [-0.05, 0) is 17.9 Å². The van der Waals surface area contributed by atoms with Crippen molar-refractivity contribution in [2.75, 3.05) is 6.54 Å². The molecule has 116 valence electrons. The first-order valence-electron chi connectivity index (χ1n) is 7.43. The molecule has 0 bridgehead atoms. The lowest BCUT2D eigenvalue weighted by Crippen LogP contribution is -2.66. The van der Waals surface area contributed by atoms with Gasteiger partial charge in [-0.1, -0.05) is 27.7 Å². The van der Waals surface area contributed by atoms with Crippen LogP contribution >= 0.6 is 0 Å². The highest BCUT2D eigenvalue weighted by molar-refractivity contribution is 5.97. The van der Waals surface area contributed by atoms with Crippen molar-refractivity contribution in [3.05, 3.63) is 18.5 Å². The third kappa shape index (κ3) is 3.25. The predicted molar refractivity (Wildman–Crippen MR) is 79.4 cm³/mol. The number of carbonyl (C=O) groups excluding carboxylic acids is 2. The molecule has 6 heteroatoms. The second-order valence-corrected chi connectivity index (χ2v) is 6.54. The molecular weight excluding hydrogens is 268 g/mol. The van der Waals surface area contributed by atoms with Gasteiger partial charge in [-0.25, -0.2) is 0 Å². The molecule has 0 saturated carbocycles. The first kappa shape index (κ1) is 15.5. The standard InChI is InChI=1S/C15H24N4O2/c1-5-11-14(21)19(10-9-18-8-6-7-16-18)12(13(20)17-11)15(2,3)4/h6-8,11-12H,5,9-10H2,1-4H3,(H,17,20). The molecule has 2 rings (SSSR count). The van der Waals surface area contributed by atoms with Crippen molar-refractivity contribution in [1.29, 1.82) is 0 Å². The Kier molecular flexibility index (Phi) is 4.34. The summed E-state index contributed by atoms with van der Waals surface area (Å²) in [5.41, 5.74) is -0.303. The minimum Gasteiger partial charge on any atom is -0.342 e. The van der Waals surface area contributed by atoms with E-state index in [0.717, 1.165) is 0 Å². The summed E-state index contributed by atoms with van der Waals surface area (Å²) < 4.78 is 1.78. The summed E-state index contributed by atoms with van der Waals surface area (Å²) in [6.07, 6.45) is 4.18. The van der Waals surface area contributed by atoms with Crippen LogP contribution in [0.25, 0.3) is 0 Å². The third-order valence-electron chi connectivity index (χ3n) is 3.82. The second kappa shape index (κ2) is 5.87. The Morgan fingerprint density at radius 3 is 2.52 bits per heavy atom. The summed E-state index contributed by atoms with van der Waals surface area (Å²) in [4.78, 5) is 26.7. The molecule has 0 spiro atoms. The fourth-order valence-electron chi connectivity index (χ4n) is 2.80. The molecule has 2 heterocycles. The summed E-state index contributed by atoms with van der Waals surface area (Å²) in [5.74, 6) is -0.0569. The van der Waals surface area contributed by atoms with E-state index in [-0.39, 0.29) is 17.2 Å². The van der Waals surface area contributed by atoms with Gasteiger partial charge in [-0.2, -0.15) is 5.10 Å². The lowest BCUT2D eigenvalue weighted by molar-refractivity contribution is -0.154. The molecule has 6 nitrogen and oxygen atoms in total. The number of carbonyl (C=O) groups is 2. The van der Waals surface area contributed by atoms with Crippen molar-refractivity contribution >= 4 is 11.8 Å². The topological polar surface area (TPSA) is 67.2 Å². The van der Waals surface area contributed by atoms with E-state index in [4.69, 9.17) is 0 Å². The van der Waals surface area contributed by atoms with Gasteiger partial charge < -0.3 is 10.2 Å². The van der Waals surface area contributed by atoms with E-state index in [1.807, 2.05) is 40.0 Å². The Morgan fingerprint density at radius 2 is 2.00 bits per heavy atom. The van der Waals surface area contributed by atoms with Crippen LogP contribution in [0.4, 0.5) is 0 Å². The average molecular weight is 292 g/mol. The van der Waals surface area contributed by atoms with E-state index < -0.39 is 12.1 Å². The molecule has 21 heavy (non-hydrogen) atoms. The molecule has 1 aliphatic heterocycles. The zero-order chi connectivity index (χ0) is 15.6. The van der Waals surface area contributed by atoms with Crippen LogP contribution in [-0.2, 0) is 16.1 Å². The van der Waals surface area contributed by atoms with Gasteiger partial charge in [-0.15, -0.1) is 0 Å². The minimum absolute atomic E-state index is 0.00387. The number of nitrogens with one attached hydrogen (secondary N) is 1. The quantitative estimate of drug-likeness (QED) is 0.901. The molecule has 2 amide bonds. The van der Waals surface area contributed by atoms with Gasteiger partial charge in [0.05, 0.1) is 6.54 Å². The summed E-state index contributed by atoms with van der Waals surface area (Å²) >= 11 is 0. The number of hydrogen-bond donors (Lipinski definition) is 1. The van der Waals surface area contributed by atoms with Crippen LogP contribution in [-0.4, -0.2) is 45.1 Å². The number of nitrogens with zero attached hydrogens (tertiary/aromatic N) is 3. The monoisotopic (exact) mass is 292 g/mol. The normalized spacial score (nSPS) is 23.3. The average Bonchev–Trinajstić information content (AvgIpc) is 2.90. The SMILES string of the molecule is CCC1NC(=O)C(C(C)(C)C)N(CCn2cccn2)C1=O. The van der Waals surface area contributed by atoms with Gasteiger partial charge in [0, 0.05) is 18.9 Å². The first-order chi connectivity index (χ1) is 9.84. The van der Waals surface area contributed by atoms with Crippen molar-refractivity contribution in [3.8, 4) is 0 Å². The molecule has 1 aliphatic rings. The van der Waals surface area contributed by atoms with Crippen LogP contribution in [0.3, 0.4) is 0 Å². The fourth-order valence-corrected chi connectivity index (χ4v) is 2.80. The largest absolute Gasteiger partial charge is 0.342 e. The zero-order valence-electron chi connectivity index (χ0n) is 13.2. The Hall–Kier alpha value is -1.85. The second-order valence-electron chi connectivity index (χ2n) is 6.54. The molecule has 1 N–H and O–H groups in total. The zero-order valence-corrected chi connectivity index (χ0v) is 13.2. The molecule has 0 aliphatic carbocycles. The van der Waals surface area contributed by atoms with Gasteiger partial charge in [0.25, 0.3) is 0 Å². The molecule has 1 aromatic heterocycles. The maximum Gasteiger partial charge on any atom is 0.245 e. The van der Waals surface area contributed by atoms with Gasteiger partial charge in [0.2, 0.25) is 11.8 Å². The van der Waals surface area contributed by atoms with Crippen molar-refractivity contribution < 1.29 is 9.59 Å². The van der Waals surface area contributed by atoms with Crippen LogP contribution < -0.4 is 5.32 Å². The van der Waals surface area contributed by atoms with Gasteiger partial charge >= 0.3 is 0 Å². The lowest BCUT2D eigenvalue weighted by Gasteiger charge is -2.44. The molecule has 1 aromatic rings. The highest BCUT2D eigenvalue weighted by Gasteiger charge is 2.45. The minimum atomic E-state index is -0.441. The fraction of sp³-hybridized carbons (Fsp3) is 0.667. The van der Waals surface area contributed by atoms with Crippen LogP contribution in [0, 0.1) is 5.41 Å². The molecule has 1 fully saturated rings. The van der Waals surface area contributed by atoms with E-state index in [2.05, 4.69) is 10.4 Å². The maximum absolute atomic E-state index is 12.6. The number of piperazine rings is 1. The Balaban J connectivity index is 2.20. The number of amides is 2. The summed E-state index contributed by atoms with van der Waals surface area (Å²) in [6, 6.07) is 0.998. The molecular formula is C15H24N4O2. The highest BCUT2D eigenvalue weighted by Crippen LogP contribution is 2.28. The van der Waals surface area contributed by atoms with Gasteiger partial charge in [0.15, 0.2) is 0 Å². The van der Waals surface area contributed by atoms with Crippen molar-refractivity contribution in [3.63, 3.8) is 0 Å². The summed E-state index contributed by atoms with van der Waals surface area (Å²) in [6.45, 7) is 8.94. The van der Waals surface area contributed by atoms with Crippen molar-refractivity contribution in [2.24, 2.45) is 5.41 Å². The van der Waals surface area contributed by atoms with Gasteiger partial charge in [-0.3, -0.25) is 14.3 Å². The molecule has 0 aromatic carbocycles. The van der Waals surface area contributed by atoms with Crippen molar-refractivity contribution in [2.45, 2.75) is 52.7 Å². The Labute approximate surface area is 125 Å². The van der Waals surface area contributed by atoms with E-state index in [1.165, 1.54) is 0 Å². The predicted octanol–water partition coefficient (Wildman–Crippen LogP) is 1.03. The van der Waals surface area contributed by atoms with Crippen LogP contribution in [0.1, 0.15) is 34.1 Å².